The molecule has 0 amide bonds. The summed E-state index contributed by atoms with van der Waals surface area (Å²) in [6.45, 7) is 0. The van der Waals surface area contributed by atoms with Crippen molar-refractivity contribution in [2.45, 2.75) is 44.0 Å². The summed E-state index contributed by atoms with van der Waals surface area (Å²) in [6.07, 6.45) is -2.05. The fourth-order valence-corrected chi connectivity index (χ4v) is 3.83. The molecule has 1 saturated carbocycles. The van der Waals surface area contributed by atoms with Crippen LogP contribution in [0.5, 0.6) is 5.75 Å². The Balaban J connectivity index is 1.81. The van der Waals surface area contributed by atoms with Crippen LogP contribution in [0.1, 0.15) is 31.2 Å². The molecule has 2 atom stereocenters. The molecule has 9 heteroatoms. The van der Waals surface area contributed by atoms with E-state index in [4.69, 9.17) is 0 Å². The highest BCUT2D eigenvalue weighted by Crippen LogP contribution is 2.39. The van der Waals surface area contributed by atoms with Crippen molar-refractivity contribution in [3.8, 4) is 17.0 Å². The Morgan fingerprint density at radius 2 is 1.80 bits per heavy atom. The SMILES string of the molecule is Oc1cc(C(F)(F)F)ccc1-c1nnc(N[C@@H]2CCCC[C@H]2O)c2c(F)cccc12. The molecule has 0 radical (unpaired) electrons. The fraction of sp³-hybridized carbons (Fsp3) is 0.333. The van der Waals surface area contributed by atoms with E-state index >= 15 is 0 Å². The van der Waals surface area contributed by atoms with Crippen LogP contribution < -0.4 is 5.32 Å². The number of anilines is 1. The van der Waals surface area contributed by atoms with Gasteiger partial charge in [0.1, 0.15) is 17.3 Å². The molecule has 0 unspecified atom stereocenters. The third kappa shape index (κ3) is 3.77. The van der Waals surface area contributed by atoms with E-state index < -0.39 is 29.4 Å². The van der Waals surface area contributed by atoms with Gasteiger partial charge in [-0.1, -0.05) is 25.0 Å². The van der Waals surface area contributed by atoms with Crippen LogP contribution in [0.4, 0.5) is 23.4 Å². The first-order valence-corrected chi connectivity index (χ1v) is 9.56. The van der Waals surface area contributed by atoms with E-state index in [1.54, 1.807) is 6.07 Å². The molecule has 3 aromatic rings. The molecule has 158 valence electrons. The monoisotopic (exact) mass is 421 g/mol. The number of phenolic OH excluding ortho intramolecular Hbond substituents is 1. The molecule has 0 bridgehead atoms. The largest absolute Gasteiger partial charge is 0.507 e. The van der Waals surface area contributed by atoms with Gasteiger partial charge in [0, 0.05) is 10.9 Å². The van der Waals surface area contributed by atoms with Crippen LogP contribution in [-0.4, -0.2) is 32.6 Å². The molecule has 4 rings (SSSR count). The average Bonchev–Trinajstić information content (AvgIpc) is 2.69. The van der Waals surface area contributed by atoms with Crippen molar-refractivity contribution in [1.82, 2.24) is 10.2 Å². The molecular formula is C21H19F4N3O2. The molecular weight excluding hydrogens is 402 g/mol. The second-order valence-electron chi connectivity index (χ2n) is 7.39. The van der Waals surface area contributed by atoms with E-state index in [1.165, 1.54) is 12.1 Å². The van der Waals surface area contributed by atoms with Gasteiger partial charge < -0.3 is 15.5 Å². The standard InChI is InChI=1S/C21H19F4N3O2/c22-14-5-3-4-13-18(14)20(26-15-6-1-2-7-16(15)29)28-27-19(13)12-9-8-11(10-17(12)30)21(23,24)25/h3-5,8-10,15-16,29-30H,1-2,6-7H2,(H,26,28)/t15-,16-/m1/s1. The van der Waals surface area contributed by atoms with Crippen molar-refractivity contribution < 1.29 is 27.8 Å². The van der Waals surface area contributed by atoms with Gasteiger partial charge in [-0.05, 0) is 37.1 Å². The number of aliphatic hydroxyl groups is 1. The highest BCUT2D eigenvalue weighted by molar-refractivity contribution is 6.01. The number of hydrogen-bond acceptors (Lipinski definition) is 5. The summed E-state index contributed by atoms with van der Waals surface area (Å²) in [5, 5.41) is 31.9. The first-order valence-electron chi connectivity index (χ1n) is 9.56. The minimum absolute atomic E-state index is 0.00958. The summed E-state index contributed by atoms with van der Waals surface area (Å²) in [5.41, 5.74) is -0.933. The number of nitrogens with zero attached hydrogens (tertiary/aromatic N) is 2. The predicted molar refractivity (Wildman–Crippen MR) is 103 cm³/mol. The maximum absolute atomic E-state index is 14.7. The fourth-order valence-electron chi connectivity index (χ4n) is 3.83. The molecule has 1 aromatic heterocycles. The number of aliphatic hydroxyl groups excluding tert-OH is 1. The number of rotatable bonds is 3. The lowest BCUT2D eigenvalue weighted by Gasteiger charge is -2.29. The van der Waals surface area contributed by atoms with Gasteiger partial charge in [0.25, 0.3) is 0 Å². The Bertz CT molecular complexity index is 1090. The normalized spacial score (nSPS) is 19.8. The van der Waals surface area contributed by atoms with Crippen LogP contribution in [0, 0.1) is 5.82 Å². The third-order valence-electron chi connectivity index (χ3n) is 5.39. The summed E-state index contributed by atoms with van der Waals surface area (Å²) in [4.78, 5) is 0. The summed E-state index contributed by atoms with van der Waals surface area (Å²) >= 11 is 0. The minimum atomic E-state index is -4.61. The van der Waals surface area contributed by atoms with Crippen molar-refractivity contribution in [3.63, 3.8) is 0 Å². The number of aromatic nitrogens is 2. The van der Waals surface area contributed by atoms with Gasteiger partial charge in [0.15, 0.2) is 5.82 Å². The highest BCUT2D eigenvalue weighted by atomic mass is 19.4. The van der Waals surface area contributed by atoms with Crippen molar-refractivity contribution in [2.24, 2.45) is 0 Å². The molecule has 0 aliphatic heterocycles. The zero-order valence-electron chi connectivity index (χ0n) is 15.7. The van der Waals surface area contributed by atoms with Gasteiger partial charge in [-0.25, -0.2) is 4.39 Å². The number of phenols is 1. The molecule has 0 saturated heterocycles. The molecule has 5 nitrogen and oxygen atoms in total. The van der Waals surface area contributed by atoms with E-state index in [9.17, 15) is 27.8 Å². The summed E-state index contributed by atoms with van der Waals surface area (Å²) < 4.78 is 53.4. The molecule has 3 N–H and O–H groups in total. The van der Waals surface area contributed by atoms with Gasteiger partial charge in [0.2, 0.25) is 0 Å². The average molecular weight is 421 g/mol. The van der Waals surface area contributed by atoms with Crippen LogP contribution in [0.25, 0.3) is 22.0 Å². The van der Waals surface area contributed by atoms with Crippen LogP contribution in [-0.2, 0) is 6.18 Å². The lowest BCUT2D eigenvalue weighted by Crippen LogP contribution is -2.36. The summed E-state index contributed by atoms with van der Waals surface area (Å²) in [7, 11) is 0. The molecule has 0 spiro atoms. The predicted octanol–water partition coefficient (Wildman–Crippen LogP) is 4.88. The Hall–Kier alpha value is -2.94. The second kappa shape index (κ2) is 7.71. The van der Waals surface area contributed by atoms with Crippen LogP contribution in [0.3, 0.4) is 0 Å². The van der Waals surface area contributed by atoms with Crippen LogP contribution >= 0.6 is 0 Å². The quantitative estimate of drug-likeness (QED) is 0.526. The number of alkyl halides is 3. The highest BCUT2D eigenvalue weighted by Gasteiger charge is 2.31. The Morgan fingerprint density at radius 3 is 2.50 bits per heavy atom. The number of nitrogens with one attached hydrogen (secondary N) is 1. The lowest BCUT2D eigenvalue weighted by molar-refractivity contribution is -0.137. The first-order chi connectivity index (χ1) is 14.3. The van der Waals surface area contributed by atoms with Crippen molar-refractivity contribution >= 4 is 16.6 Å². The van der Waals surface area contributed by atoms with Gasteiger partial charge in [0.05, 0.1) is 23.1 Å². The Kier molecular flexibility index (Phi) is 5.23. The zero-order chi connectivity index (χ0) is 21.5. The number of halogens is 4. The Labute approximate surface area is 169 Å². The van der Waals surface area contributed by atoms with Crippen molar-refractivity contribution in [1.29, 1.82) is 0 Å². The smallest absolute Gasteiger partial charge is 0.416 e. The zero-order valence-corrected chi connectivity index (χ0v) is 15.7. The molecule has 1 fully saturated rings. The summed E-state index contributed by atoms with van der Waals surface area (Å²) in [6, 6.07) is 6.46. The van der Waals surface area contributed by atoms with E-state index in [0.29, 0.717) is 18.9 Å². The van der Waals surface area contributed by atoms with Gasteiger partial charge >= 0.3 is 6.18 Å². The summed E-state index contributed by atoms with van der Waals surface area (Å²) in [5.74, 6) is -1.08. The van der Waals surface area contributed by atoms with Gasteiger partial charge in [-0.3, -0.25) is 0 Å². The third-order valence-corrected chi connectivity index (χ3v) is 5.39. The van der Waals surface area contributed by atoms with Crippen LogP contribution in [0.2, 0.25) is 0 Å². The molecule has 1 heterocycles. The van der Waals surface area contributed by atoms with Gasteiger partial charge in [-0.2, -0.15) is 13.2 Å². The number of fused-ring (bicyclic) bond motifs is 1. The number of benzene rings is 2. The maximum atomic E-state index is 14.7. The number of aromatic hydroxyl groups is 1. The lowest BCUT2D eigenvalue weighted by atomic mass is 9.92. The maximum Gasteiger partial charge on any atom is 0.416 e. The molecule has 1 aliphatic rings. The van der Waals surface area contributed by atoms with Crippen molar-refractivity contribution in [3.05, 3.63) is 47.8 Å². The molecule has 2 aromatic carbocycles. The minimum Gasteiger partial charge on any atom is -0.507 e. The first kappa shape index (κ1) is 20.3. The molecule has 1 aliphatic carbocycles. The van der Waals surface area contributed by atoms with Crippen LogP contribution in [0.15, 0.2) is 36.4 Å². The van der Waals surface area contributed by atoms with Crippen molar-refractivity contribution in [2.75, 3.05) is 5.32 Å². The van der Waals surface area contributed by atoms with Gasteiger partial charge in [-0.15, -0.1) is 10.2 Å². The second-order valence-corrected chi connectivity index (χ2v) is 7.39. The topological polar surface area (TPSA) is 78.3 Å². The molecule has 30 heavy (non-hydrogen) atoms. The Morgan fingerprint density at radius 1 is 1.03 bits per heavy atom. The van der Waals surface area contributed by atoms with E-state index in [1.807, 2.05) is 0 Å². The number of hydrogen-bond donors (Lipinski definition) is 3. The van der Waals surface area contributed by atoms with E-state index in [-0.39, 0.29) is 33.9 Å². The van der Waals surface area contributed by atoms with E-state index in [0.717, 1.165) is 25.0 Å². The van der Waals surface area contributed by atoms with E-state index in [2.05, 4.69) is 15.5 Å².